The highest BCUT2D eigenvalue weighted by Gasteiger charge is 2.56. The van der Waals surface area contributed by atoms with Crippen molar-refractivity contribution < 1.29 is 19.4 Å². The van der Waals surface area contributed by atoms with E-state index in [-0.39, 0.29) is 24.2 Å². The van der Waals surface area contributed by atoms with E-state index in [1.165, 1.54) is 11.3 Å². The molecule has 5 atom stereocenters. The first-order valence-electron chi connectivity index (χ1n) is 9.46. The standard InChI is InChI=1S/C20H26N2O4/c1-12-3-5-14(6-4-12)22-10-9-21(11-13(22)2)19(23)17-15-7-8-16(26-15)18(17)20(24)25/h3-6,13,15-18H,7-11H2,1-2H3,(H,24,25). The number of amides is 1. The van der Waals surface area contributed by atoms with Crippen LogP contribution in [0.2, 0.25) is 0 Å². The van der Waals surface area contributed by atoms with E-state index in [0.717, 1.165) is 19.4 Å². The van der Waals surface area contributed by atoms with E-state index in [9.17, 15) is 14.7 Å². The molecule has 26 heavy (non-hydrogen) atoms. The molecule has 1 aromatic carbocycles. The van der Waals surface area contributed by atoms with Crippen molar-refractivity contribution in [1.29, 1.82) is 0 Å². The molecule has 0 aromatic heterocycles. The maximum absolute atomic E-state index is 13.1. The summed E-state index contributed by atoms with van der Waals surface area (Å²) in [6.07, 6.45) is 1.03. The molecule has 4 rings (SSSR count). The minimum absolute atomic E-state index is 0.0417. The first-order valence-corrected chi connectivity index (χ1v) is 9.46. The van der Waals surface area contributed by atoms with E-state index in [1.807, 2.05) is 4.90 Å². The van der Waals surface area contributed by atoms with Crippen LogP contribution in [0.25, 0.3) is 0 Å². The van der Waals surface area contributed by atoms with Gasteiger partial charge >= 0.3 is 5.97 Å². The number of carboxylic acid groups (broad SMARTS) is 1. The van der Waals surface area contributed by atoms with Gasteiger partial charge in [0, 0.05) is 31.4 Å². The number of aryl methyl sites for hydroxylation is 1. The van der Waals surface area contributed by atoms with Crippen LogP contribution in [0.1, 0.15) is 25.3 Å². The Hall–Kier alpha value is -2.08. The lowest BCUT2D eigenvalue weighted by atomic mass is 9.78. The molecule has 3 heterocycles. The molecule has 0 aliphatic carbocycles. The first-order chi connectivity index (χ1) is 12.5. The van der Waals surface area contributed by atoms with Crippen LogP contribution in [0.15, 0.2) is 24.3 Å². The predicted molar refractivity (Wildman–Crippen MR) is 97.1 cm³/mol. The number of piperazine rings is 1. The molecule has 3 saturated heterocycles. The van der Waals surface area contributed by atoms with Gasteiger partial charge in [0.1, 0.15) is 0 Å². The lowest BCUT2D eigenvalue weighted by Crippen LogP contribution is -2.56. The summed E-state index contributed by atoms with van der Waals surface area (Å²) in [5.41, 5.74) is 2.40. The second-order valence-corrected chi connectivity index (χ2v) is 7.84. The van der Waals surface area contributed by atoms with Gasteiger partial charge in [-0.15, -0.1) is 0 Å². The molecule has 1 N–H and O–H groups in total. The number of carbonyl (C=O) groups excluding carboxylic acids is 1. The number of carbonyl (C=O) groups is 2. The van der Waals surface area contributed by atoms with Crippen LogP contribution in [0, 0.1) is 18.8 Å². The molecule has 0 spiro atoms. The largest absolute Gasteiger partial charge is 0.481 e. The molecule has 140 valence electrons. The number of fused-ring (bicyclic) bond motifs is 2. The molecule has 2 bridgehead atoms. The third-order valence-corrected chi connectivity index (χ3v) is 6.15. The van der Waals surface area contributed by atoms with E-state index in [1.54, 1.807) is 0 Å². The normalized spacial score (nSPS) is 33.5. The number of rotatable bonds is 3. The van der Waals surface area contributed by atoms with Gasteiger partial charge in [-0.05, 0) is 38.8 Å². The van der Waals surface area contributed by atoms with Crippen LogP contribution in [-0.4, -0.2) is 59.8 Å². The first kappa shape index (κ1) is 17.3. The Kier molecular flexibility index (Phi) is 4.39. The average Bonchev–Trinajstić information content (AvgIpc) is 3.23. The Morgan fingerprint density at radius 1 is 1.08 bits per heavy atom. The summed E-state index contributed by atoms with van der Waals surface area (Å²) in [5.74, 6) is -2.15. The number of nitrogens with zero attached hydrogens (tertiary/aromatic N) is 2. The zero-order valence-corrected chi connectivity index (χ0v) is 15.3. The number of carboxylic acids is 1. The van der Waals surface area contributed by atoms with Gasteiger partial charge in [-0.3, -0.25) is 9.59 Å². The molecular formula is C20H26N2O4. The third-order valence-electron chi connectivity index (χ3n) is 6.15. The molecule has 6 nitrogen and oxygen atoms in total. The number of hydrogen-bond acceptors (Lipinski definition) is 4. The molecule has 0 saturated carbocycles. The number of anilines is 1. The van der Waals surface area contributed by atoms with E-state index in [4.69, 9.17) is 4.74 Å². The summed E-state index contributed by atoms with van der Waals surface area (Å²) >= 11 is 0. The van der Waals surface area contributed by atoms with Crippen LogP contribution < -0.4 is 4.90 Å². The number of hydrogen-bond donors (Lipinski definition) is 1. The molecule has 3 fully saturated rings. The van der Waals surface area contributed by atoms with Crippen LogP contribution in [-0.2, 0) is 14.3 Å². The van der Waals surface area contributed by atoms with Crippen molar-refractivity contribution in [2.45, 2.75) is 44.9 Å². The van der Waals surface area contributed by atoms with Crippen molar-refractivity contribution in [2.24, 2.45) is 11.8 Å². The van der Waals surface area contributed by atoms with Gasteiger partial charge in [0.25, 0.3) is 0 Å². The fourth-order valence-corrected chi connectivity index (χ4v) is 4.79. The highest BCUT2D eigenvalue weighted by Crippen LogP contribution is 2.44. The van der Waals surface area contributed by atoms with E-state index in [2.05, 4.69) is 43.0 Å². The zero-order chi connectivity index (χ0) is 18.4. The van der Waals surface area contributed by atoms with Gasteiger partial charge in [-0.2, -0.15) is 0 Å². The van der Waals surface area contributed by atoms with Crippen LogP contribution in [0.4, 0.5) is 5.69 Å². The van der Waals surface area contributed by atoms with Crippen molar-refractivity contribution in [3.8, 4) is 0 Å². The van der Waals surface area contributed by atoms with Crippen molar-refractivity contribution in [3.63, 3.8) is 0 Å². The predicted octanol–water partition coefficient (Wildman–Crippen LogP) is 1.91. The Labute approximate surface area is 153 Å². The molecule has 1 amide bonds. The molecule has 1 aromatic rings. The highest BCUT2D eigenvalue weighted by atomic mass is 16.5. The molecule has 0 radical (unpaired) electrons. The second-order valence-electron chi connectivity index (χ2n) is 7.84. The van der Waals surface area contributed by atoms with Crippen LogP contribution >= 0.6 is 0 Å². The lowest BCUT2D eigenvalue weighted by Gasteiger charge is -2.43. The van der Waals surface area contributed by atoms with Gasteiger partial charge in [0.15, 0.2) is 0 Å². The van der Waals surface area contributed by atoms with E-state index in [0.29, 0.717) is 13.1 Å². The molecule has 6 heteroatoms. The van der Waals surface area contributed by atoms with Crippen molar-refractivity contribution in [3.05, 3.63) is 29.8 Å². The zero-order valence-electron chi connectivity index (χ0n) is 15.3. The molecule has 5 unspecified atom stereocenters. The van der Waals surface area contributed by atoms with Crippen molar-refractivity contribution >= 4 is 17.6 Å². The SMILES string of the molecule is Cc1ccc(N2CCN(C(=O)C3C4CCC(O4)C3C(=O)O)CC2C)cc1. The Morgan fingerprint density at radius 2 is 1.73 bits per heavy atom. The van der Waals surface area contributed by atoms with Gasteiger partial charge in [0.2, 0.25) is 5.91 Å². The monoisotopic (exact) mass is 358 g/mol. The third kappa shape index (κ3) is 2.86. The fraction of sp³-hybridized carbons (Fsp3) is 0.600. The highest BCUT2D eigenvalue weighted by molar-refractivity contribution is 5.87. The summed E-state index contributed by atoms with van der Waals surface area (Å²) in [6.45, 7) is 6.19. The minimum Gasteiger partial charge on any atom is -0.481 e. The van der Waals surface area contributed by atoms with E-state index < -0.39 is 17.8 Å². The van der Waals surface area contributed by atoms with Crippen molar-refractivity contribution in [2.75, 3.05) is 24.5 Å². The summed E-state index contributed by atoms with van der Waals surface area (Å²) in [4.78, 5) is 28.9. The van der Waals surface area contributed by atoms with Crippen LogP contribution in [0.3, 0.4) is 0 Å². The van der Waals surface area contributed by atoms with E-state index >= 15 is 0 Å². The Balaban J connectivity index is 1.46. The van der Waals surface area contributed by atoms with Gasteiger partial charge in [0.05, 0.1) is 24.0 Å². The minimum atomic E-state index is -0.901. The summed E-state index contributed by atoms with van der Waals surface area (Å²) in [5, 5.41) is 9.56. The topological polar surface area (TPSA) is 70.1 Å². The smallest absolute Gasteiger partial charge is 0.310 e. The number of benzene rings is 1. The average molecular weight is 358 g/mol. The Bertz CT molecular complexity index is 704. The maximum atomic E-state index is 13.1. The second kappa shape index (κ2) is 6.58. The number of ether oxygens (including phenoxy) is 1. The van der Waals surface area contributed by atoms with Gasteiger partial charge in [-0.25, -0.2) is 0 Å². The van der Waals surface area contributed by atoms with Gasteiger partial charge < -0.3 is 19.6 Å². The maximum Gasteiger partial charge on any atom is 0.310 e. The molecule has 3 aliphatic rings. The van der Waals surface area contributed by atoms with Gasteiger partial charge in [-0.1, -0.05) is 17.7 Å². The molecular weight excluding hydrogens is 332 g/mol. The van der Waals surface area contributed by atoms with Crippen LogP contribution in [0.5, 0.6) is 0 Å². The summed E-state index contributed by atoms with van der Waals surface area (Å²) in [6, 6.07) is 8.63. The quantitative estimate of drug-likeness (QED) is 0.894. The Morgan fingerprint density at radius 3 is 2.35 bits per heavy atom. The lowest BCUT2D eigenvalue weighted by molar-refractivity contribution is -0.151. The van der Waals surface area contributed by atoms with Crippen molar-refractivity contribution in [1.82, 2.24) is 4.90 Å². The number of aliphatic carboxylic acids is 1. The summed E-state index contributed by atoms with van der Waals surface area (Å²) in [7, 11) is 0. The fourth-order valence-electron chi connectivity index (χ4n) is 4.79. The molecule has 3 aliphatic heterocycles. The summed E-state index contributed by atoms with van der Waals surface area (Å²) < 4.78 is 5.76.